The van der Waals surface area contributed by atoms with E-state index in [9.17, 15) is 27.9 Å². The van der Waals surface area contributed by atoms with Gasteiger partial charge in [0.25, 0.3) is 0 Å². The van der Waals surface area contributed by atoms with Crippen LogP contribution in [0.1, 0.15) is 82.8 Å². The van der Waals surface area contributed by atoms with Gasteiger partial charge in [0.1, 0.15) is 5.60 Å². The molecule has 10 heteroatoms. The Balaban J connectivity index is 1.50. The summed E-state index contributed by atoms with van der Waals surface area (Å²) in [4.78, 5) is 24.0. The summed E-state index contributed by atoms with van der Waals surface area (Å²) in [5, 5.41) is 16.9. The molecule has 2 amide bonds. The Hall–Kier alpha value is -3.01. The maximum atomic E-state index is 15.1. The fourth-order valence-electron chi connectivity index (χ4n) is 8.21. The van der Waals surface area contributed by atoms with E-state index in [0.29, 0.717) is 32.2 Å². The fraction of sp³-hybridized carbons (Fsp3) is 0.576. The van der Waals surface area contributed by atoms with Crippen molar-refractivity contribution in [3.05, 3.63) is 64.3 Å². The molecule has 0 bridgehead atoms. The number of fused-ring (bicyclic) bond motifs is 4. The largest absolute Gasteiger partial charge is 0.456 e. The minimum absolute atomic E-state index is 0.00854. The van der Waals surface area contributed by atoms with Gasteiger partial charge in [0.15, 0.2) is 5.78 Å². The SMILES string of the molecule is CC(C)NC(=O)NC/C=C/c1ccc([C@H]2C[C@@]3(C)C(CC[C@@]3(O)C(F)(F)C(F)(F)F)C3CCC4=CC(=O)CCC4=C32)cc1. The van der Waals surface area contributed by atoms with E-state index in [4.69, 9.17) is 0 Å². The van der Waals surface area contributed by atoms with Crippen LogP contribution in [-0.2, 0) is 4.79 Å². The van der Waals surface area contributed by atoms with Crippen LogP contribution in [0.15, 0.2) is 53.1 Å². The minimum atomic E-state index is -5.88. The molecule has 2 saturated carbocycles. The molecule has 5 atom stereocenters. The summed E-state index contributed by atoms with van der Waals surface area (Å²) in [6, 6.07) is 7.15. The summed E-state index contributed by atoms with van der Waals surface area (Å²) < 4.78 is 71.5. The standard InChI is InChI=1S/C33H39F5N2O3/c1-19(2)40-29(42)39-16-4-5-20-6-8-21(9-7-20)26-18-30(3)27(14-15-31(30,43)32(34,35)33(36,37)38)25-12-10-22-17-23(41)11-13-24(22)28(25)26/h4-9,17,19,25-27,43H,10-16,18H2,1-3H3,(H2,39,40,42)/b5-4+/t25?,26-,27?,30+,31+/m1/s1. The molecule has 0 saturated heterocycles. The van der Waals surface area contributed by atoms with Crippen molar-refractivity contribution in [1.29, 1.82) is 0 Å². The molecule has 4 aliphatic carbocycles. The maximum absolute atomic E-state index is 15.1. The number of benzene rings is 1. The smallest absolute Gasteiger partial charge is 0.383 e. The van der Waals surface area contributed by atoms with E-state index in [-0.39, 0.29) is 36.6 Å². The molecular weight excluding hydrogens is 567 g/mol. The lowest BCUT2D eigenvalue weighted by Crippen LogP contribution is -2.65. The molecule has 0 heterocycles. The predicted molar refractivity (Wildman–Crippen MR) is 153 cm³/mol. The second kappa shape index (κ2) is 11.2. The molecule has 2 fully saturated rings. The van der Waals surface area contributed by atoms with Crippen molar-refractivity contribution in [1.82, 2.24) is 10.6 Å². The van der Waals surface area contributed by atoms with Crippen LogP contribution in [0.3, 0.4) is 0 Å². The molecule has 3 N–H and O–H groups in total. The molecule has 4 aliphatic rings. The highest BCUT2D eigenvalue weighted by Crippen LogP contribution is 2.70. The highest BCUT2D eigenvalue weighted by Gasteiger charge is 2.79. The third-order valence-electron chi connectivity index (χ3n) is 10.2. The number of allylic oxidation sites excluding steroid dienone is 4. The molecule has 43 heavy (non-hydrogen) atoms. The number of carbonyl (C=O) groups excluding carboxylic acids is 2. The number of carbonyl (C=O) groups is 2. The van der Waals surface area contributed by atoms with E-state index in [1.54, 1.807) is 12.2 Å². The Morgan fingerprint density at radius 3 is 2.44 bits per heavy atom. The molecule has 1 aromatic rings. The van der Waals surface area contributed by atoms with Gasteiger partial charge in [-0.05, 0) is 92.6 Å². The van der Waals surface area contributed by atoms with Gasteiger partial charge in [0.05, 0.1) is 0 Å². The highest BCUT2D eigenvalue weighted by molar-refractivity contribution is 5.93. The van der Waals surface area contributed by atoms with Crippen LogP contribution in [0, 0.1) is 17.3 Å². The summed E-state index contributed by atoms with van der Waals surface area (Å²) in [5.41, 5.74) is -0.283. The predicted octanol–water partition coefficient (Wildman–Crippen LogP) is 7.24. The molecule has 0 radical (unpaired) electrons. The number of ketones is 1. The van der Waals surface area contributed by atoms with E-state index in [1.807, 2.05) is 44.2 Å². The zero-order valence-electron chi connectivity index (χ0n) is 24.7. The molecule has 5 rings (SSSR count). The summed E-state index contributed by atoms with van der Waals surface area (Å²) in [7, 11) is 0. The Morgan fingerprint density at radius 1 is 1.09 bits per heavy atom. The molecule has 0 aliphatic heterocycles. The van der Waals surface area contributed by atoms with E-state index in [1.165, 1.54) is 6.92 Å². The molecule has 1 aromatic carbocycles. The number of rotatable bonds is 6. The summed E-state index contributed by atoms with van der Waals surface area (Å²) in [6.07, 6.45) is 0.782. The number of aliphatic hydroxyl groups is 1. The van der Waals surface area contributed by atoms with Crippen molar-refractivity contribution in [3.63, 3.8) is 0 Å². The Morgan fingerprint density at radius 2 is 1.79 bits per heavy atom. The molecular formula is C33H39F5N2O3. The van der Waals surface area contributed by atoms with E-state index < -0.39 is 41.4 Å². The summed E-state index contributed by atoms with van der Waals surface area (Å²) in [5.74, 6) is -6.49. The van der Waals surface area contributed by atoms with Crippen molar-refractivity contribution < 1.29 is 36.6 Å². The van der Waals surface area contributed by atoms with Crippen molar-refractivity contribution >= 4 is 17.9 Å². The van der Waals surface area contributed by atoms with Gasteiger partial charge in [-0.15, -0.1) is 0 Å². The average Bonchev–Trinajstić information content (AvgIpc) is 3.21. The van der Waals surface area contributed by atoms with Crippen LogP contribution in [0.4, 0.5) is 26.7 Å². The summed E-state index contributed by atoms with van der Waals surface area (Å²) in [6.45, 7) is 5.45. The molecule has 5 nitrogen and oxygen atoms in total. The van der Waals surface area contributed by atoms with Crippen LogP contribution in [0.5, 0.6) is 0 Å². The second-order valence-electron chi connectivity index (χ2n) is 13.0. The van der Waals surface area contributed by atoms with Crippen molar-refractivity contribution in [2.45, 2.75) is 95.4 Å². The topological polar surface area (TPSA) is 78.4 Å². The zero-order chi connectivity index (χ0) is 31.4. The third kappa shape index (κ3) is 5.34. The quantitative estimate of drug-likeness (QED) is 0.299. The zero-order valence-corrected chi connectivity index (χ0v) is 24.7. The lowest BCUT2D eigenvalue weighted by molar-refractivity contribution is -0.362. The van der Waals surface area contributed by atoms with Crippen molar-refractivity contribution in [2.75, 3.05) is 6.54 Å². The number of nitrogens with one attached hydrogen (secondary N) is 2. The first-order chi connectivity index (χ1) is 20.1. The number of hydrogen-bond acceptors (Lipinski definition) is 3. The van der Waals surface area contributed by atoms with Gasteiger partial charge in [0, 0.05) is 30.3 Å². The number of amides is 2. The Kier molecular flexibility index (Phi) is 8.16. The van der Waals surface area contributed by atoms with Crippen LogP contribution >= 0.6 is 0 Å². The normalized spacial score (nSPS) is 31.1. The van der Waals surface area contributed by atoms with Crippen molar-refractivity contribution in [3.8, 4) is 0 Å². The number of halogens is 5. The van der Waals surface area contributed by atoms with E-state index >= 15 is 8.78 Å². The van der Waals surface area contributed by atoms with Gasteiger partial charge in [-0.3, -0.25) is 4.79 Å². The lowest BCUT2D eigenvalue weighted by atomic mass is 9.50. The Bertz CT molecular complexity index is 1360. The third-order valence-corrected chi connectivity index (χ3v) is 10.2. The first kappa shape index (κ1) is 31.4. The fourth-order valence-corrected chi connectivity index (χ4v) is 8.21. The van der Waals surface area contributed by atoms with E-state index in [0.717, 1.165) is 27.8 Å². The van der Waals surface area contributed by atoms with Crippen LogP contribution in [-0.4, -0.2) is 47.2 Å². The van der Waals surface area contributed by atoms with Gasteiger partial charge in [-0.2, -0.15) is 22.0 Å². The monoisotopic (exact) mass is 606 g/mol. The Labute approximate surface area is 248 Å². The van der Waals surface area contributed by atoms with Crippen LogP contribution < -0.4 is 10.6 Å². The molecule has 234 valence electrons. The molecule has 0 aromatic heterocycles. The van der Waals surface area contributed by atoms with Gasteiger partial charge >= 0.3 is 18.1 Å². The van der Waals surface area contributed by atoms with Gasteiger partial charge in [-0.25, -0.2) is 4.79 Å². The second-order valence-corrected chi connectivity index (χ2v) is 13.0. The average molecular weight is 607 g/mol. The highest BCUT2D eigenvalue weighted by atomic mass is 19.4. The molecule has 0 spiro atoms. The summed E-state index contributed by atoms with van der Waals surface area (Å²) >= 11 is 0. The number of urea groups is 1. The van der Waals surface area contributed by atoms with Crippen molar-refractivity contribution in [2.24, 2.45) is 17.3 Å². The number of alkyl halides is 5. The van der Waals surface area contributed by atoms with E-state index in [2.05, 4.69) is 10.6 Å². The first-order valence-electron chi connectivity index (χ1n) is 15.0. The minimum Gasteiger partial charge on any atom is -0.383 e. The van der Waals surface area contributed by atoms with Crippen LogP contribution in [0.2, 0.25) is 0 Å². The van der Waals surface area contributed by atoms with Gasteiger partial charge in [-0.1, -0.05) is 48.9 Å². The maximum Gasteiger partial charge on any atom is 0.456 e. The van der Waals surface area contributed by atoms with Gasteiger partial charge in [0.2, 0.25) is 0 Å². The van der Waals surface area contributed by atoms with Crippen LogP contribution in [0.25, 0.3) is 6.08 Å². The van der Waals surface area contributed by atoms with Gasteiger partial charge < -0.3 is 15.7 Å². The first-order valence-corrected chi connectivity index (χ1v) is 15.0. The number of hydrogen-bond donors (Lipinski definition) is 3. The molecule has 2 unspecified atom stereocenters. The lowest BCUT2D eigenvalue weighted by Gasteiger charge is -2.56.